The minimum Gasteiger partial charge on any atom is -0.317 e. The Morgan fingerprint density at radius 2 is 2.07 bits per heavy atom. The number of aromatic nitrogens is 3. The van der Waals surface area contributed by atoms with Crippen LogP contribution in [0.5, 0.6) is 0 Å². The van der Waals surface area contributed by atoms with Gasteiger partial charge >= 0.3 is 0 Å². The topological polar surface area (TPSA) is 30.7 Å². The molecular formula is C11H17N3. The molecule has 14 heavy (non-hydrogen) atoms. The minimum absolute atomic E-state index is 0.950. The Balaban J connectivity index is 0.000000461. The average Bonchev–Trinajstić information content (AvgIpc) is 2.69. The van der Waals surface area contributed by atoms with Crippen LogP contribution in [-0.2, 0) is 7.05 Å². The summed E-state index contributed by atoms with van der Waals surface area (Å²) in [5, 5.41) is 7.87. The molecule has 0 atom stereocenters. The average molecular weight is 191 g/mol. The molecule has 1 aliphatic carbocycles. The highest BCUT2D eigenvalue weighted by atomic mass is 15.2. The standard InChI is InChI=1S/C9H11N3.C2H6/c1-12-7-10-11-9(12)8-5-3-2-4-6-8;1-2/h3,5-7H,2,4H2,1H3;1-2H3. The third kappa shape index (κ3) is 2.31. The summed E-state index contributed by atoms with van der Waals surface area (Å²) in [4.78, 5) is 0. The Morgan fingerprint density at radius 1 is 1.29 bits per heavy atom. The lowest BCUT2D eigenvalue weighted by Crippen LogP contribution is -1.96. The van der Waals surface area contributed by atoms with Crippen LogP contribution in [0, 0.1) is 0 Å². The first-order chi connectivity index (χ1) is 6.88. The maximum absolute atomic E-state index is 4.03. The molecule has 0 aromatic carbocycles. The van der Waals surface area contributed by atoms with E-state index in [4.69, 9.17) is 0 Å². The normalized spacial score (nSPS) is 14.4. The van der Waals surface area contributed by atoms with Crippen molar-refractivity contribution in [2.24, 2.45) is 7.05 Å². The van der Waals surface area contributed by atoms with Crippen LogP contribution >= 0.6 is 0 Å². The molecule has 0 unspecified atom stereocenters. The zero-order chi connectivity index (χ0) is 10.4. The van der Waals surface area contributed by atoms with Gasteiger partial charge in [0.05, 0.1) is 0 Å². The first-order valence-corrected chi connectivity index (χ1v) is 5.09. The molecule has 1 aliphatic rings. The fourth-order valence-corrected chi connectivity index (χ4v) is 1.32. The van der Waals surface area contributed by atoms with Crippen molar-refractivity contribution >= 4 is 5.57 Å². The van der Waals surface area contributed by atoms with Crippen molar-refractivity contribution in [2.75, 3.05) is 0 Å². The van der Waals surface area contributed by atoms with Crippen molar-refractivity contribution in [3.05, 3.63) is 30.4 Å². The van der Waals surface area contributed by atoms with Gasteiger partial charge in [0.2, 0.25) is 0 Å². The molecule has 0 aliphatic heterocycles. The smallest absolute Gasteiger partial charge is 0.163 e. The Hall–Kier alpha value is -1.38. The molecule has 3 nitrogen and oxygen atoms in total. The van der Waals surface area contributed by atoms with Gasteiger partial charge in [0.15, 0.2) is 5.82 Å². The molecule has 0 radical (unpaired) electrons. The lowest BCUT2D eigenvalue weighted by Gasteiger charge is -2.04. The summed E-state index contributed by atoms with van der Waals surface area (Å²) >= 11 is 0. The second-order valence-electron chi connectivity index (χ2n) is 2.90. The van der Waals surface area contributed by atoms with Crippen LogP contribution in [0.4, 0.5) is 0 Å². The summed E-state index contributed by atoms with van der Waals surface area (Å²) < 4.78 is 1.93. The summed E-state index contributed by atoms with van der Waals surface area (Å²) in [7, 11) is 1.96. The van der Waals surface area contributed by atoms with Crippen LogP contribution in [0.25, 0.3) is 5.57 Å². The van der Waals surface area contributed by atoms with E-state index in [1.807, 2.05) is 25.5 Å². The Bertz CT molecular complexity index is 334. The maximum Gasteiger partial charge on any atom is 0.163 e. The zero-order valence-electron chi connectivity index (χ0n) is 9.07. The van der Waals surface area contributed by atoms with Crippen molar-refractivity contribution in [3.8, 4) is 0 Å². The lowest BCUT2D eigenvalue weighted by atomic mass is 10.1. The second-order valence-corrected chi connectivity index (χ2v) is 2.90. The largest absolute Gasteiger partial charge is 0.317 e. The molecule has 0 spiro atoms. The molecule has 1 heterocycles. The molecule has 76 valence electrons. The van der Waals surface area contributed by atoms with Gasteiger partial charge < -0.3 is 4.57 Å². The van der Waals surface area contributed by atoms with Gasteiger partial charge in [0.1, 0.15) is 6.33 Å². The van der Waals surface area contributed by atoms with Crippen LogP contribution < -0.4 is 0 Å². The molecule has 0 saturated carbocycles. The molecule has 0 fully saturated rings. The highest BCUT2D eigenvalue weighted by Crippen LogP contribution is 2.18. The molecule has 0 saturated heterocycles. The molecule has 0 N–H and O–H groups in total. The van der Waals surface area contributed by atoms with E-state index >= 15 is 0 Å². The van der Waals surface area contributed by atoms with Crippen LogP contribution in [0.3, 0.4) is 0 Å². The Morgan fingerprint density at radius 3 is 2.57 bits per heavy atom. The molecule has 0 bridgehead atoms. The number of allylic oxidation sites excluding steroid dienone is 4. The van der Waals surface area contributed by atoms with Gasteiger partial charge in [-0.25, -0.2) is 0 Å². The van der Waals surface area contributed by atoms with Gasteiger partial charge in [0.25, 0.3) is 0 Å². The van der Waals surface area contributed by atoms with Gasteiger partial charge in [0, 0.05) is 12.6 Å². The maximum atomic E-state index is 4.03. The molecule has 2 rings (SSSR count). The third-order valence-corrected chi connectivity index (χ3v) is 1.96. The van der Waals surface area contributed by atoms with E-state index in [-0.39, 0.29) is 0 Å². The molecular weight excluding hydrogens is 174 g/mol. The minimum atomic E-state index is 0.950. The van der Waals surface area contributed by atoms with Crippen molar-refractivity contribution < 1.29 is 0 Å². The van der Waals surface area contributed by atoms with Gasteiger partial charge in [-0.1, -0.05) is 32.1 Å². The van der Waals surface area contributed by atoms with Crippen LogP contribution in [0.1, 0.15) is 32.5 Å². The van der Waals surface area contributed by atoms with Gasteiger partial charge in [-0.3, -0.25) is 0 Å². The highest BCUT2D eigenvalue weighted by molar-refractivity contribution is 5.70. The fourth-order valence-electron chi connectivity index (χ4n) is 1.32. The van der Waals surface area contributed by atoms with E-state index in [0.29, 0.717) is 0 Å². The zero-order valence-corrected chi connectivity index (χ0v) is 9.07. The molecule has 3 heteroatoms. The summed E-state index contributed by atoms with van der Waals surface area (Å²) in [6.45, 7) is 4.00. The Kier molecular flexibility index (Phi) is 4.11. The predicted molar refractivity (Wildman–Crippen MR) is 58.7 cm³/mol. The molecule has 1 aromatic heterocycles. The molecule has 0 amide bonds. The fraction of sp³-hybridized carbons (Fsp3) is 0.455. The number of rotatable bonds is 1. The first kappa shape index (κ1) is 10.7. The second kappa shape index (κ2) is 5.37. The summed E-state index contributed by atoms with van der Waals surface area (Å²) in [5.74, 6) is 0.950. The summed E-state index contributed by atoms with van der Waals surface area (Å²) in [5.41, 5.74) is 1.18. The summed E-state index contributed by atoms with van der Waals surface area (Å²) in [6.07, 6.45) is 10.4. The van der Waals surface area contributed by atoms with E-state index in [1.54, 1.807) is 6.33 Å². The van der Waals surface area contributed by atoms with E-state index in [9.17, 15) is 0 Å². The van der Waals surface area contributed by atoms with Crippen LogP contribution in [-0.4, -0.2) is 14.8 Å². The Labute approximate surface area is 85.2 Å². The number of nitrogens with zero attached hydrogens (tertiary/aromatic N) is 3. The lowest BCUT2D eigenvalue weighted by molar-refractivity contribution is 0.886. The first-order valence-electron chi connectivity index (χ1n) is 5.09. The third-order valence-electron chi connectivity index (χ3n) is 1.96. The van der Waals surface area contributed by atoms with Crippen molar-refractivity contribution in [1.82, 2.24) is 14.8 Å². The van der Waals surface area contributed by atoms with E-state index in [1.165, 1.54) is 5.57 Å². The van der Waals surface area contributed by atoms with Gasteiger partial charge in [-0.05, 0) is 12.8 Å². The van der Waals surface area contributed by atoms with Crippen molar-refractivity contribution in [2.45, 2.75) is 26.7 Å². The van der Waals surface area contributed by atoms with Gasteiger partial charge in [-0.15, -0.1) is 10.2 Å². The number of hydrogen-bond donors (Lipinski definition) is 0. The number of hydrogen-bond acceptors (Lipinski definition) is 2. The number of aryl methyl sites for hydroxylation is 1. The van der Waals surface area contributed by atoms with E-state index < -0.39 is 0 Å². The van der Waals surface area contributed by atoms with E-state index in [0.717, 1.165) is 18.7 Å². The van der Waals surface area contributed by atoms with Crippen LogP contribution in [0.15, 0.2) is 24.6 Å². The van der Waals surface area contributed by atoms with E-state index in [2.05, 4.69) is 28.4 Å². The molecule has 1 aromatic rings. The predicted octanol–water partition coefficient (Wildman–Crippen LogP) is 2.57. The SMILES string of the molecule is CC.Cn1cnnc1C1=CCCC=C1. The van der Waals surface area contributed by atoms with Crippen molar-refractivity contribution in [1.29, 1.82) is 0 Å². The summed E-state index contributed by atoms with van der Waals surface area (Å²) in [6, 6.07) is 0. The van der Waals surface area contributed by atoms with Crippen molar-refractivity contribution in [3.63, 3.8) is 0 Å². The van der Waals surface area contributed by atoms with Gasteiger partial charge in [-0.2, -0.15) is 0 Å². The highest BCUT2D eigenvalue weighted by Gasteiger charge is 2.05. The monoisotopic (exact) mass is 191 g/mol. The quantitative estimate of drug-likeness (QED) is 0.683. The van der Waals surface area contributed by atoms with Crippen LogP contribution in [0.2, 0.25) is 0 Å².